The topological polar surface area (TPSA) is 51.8 Å². The molecule has 11 rings (SSSR count). The van der Waals surface area contributed by atoms with E-state index in [1.54, 1.807) is 0 Å². The van der Waals surface area contributed by atoms with Crippen LogP contribution < -0.4 is 0 Å². The Bertz CT molecular complexity index is 3220. The van der Waals surface area contributed by atoms with Crippen molar-refractivity contribution in [2.45, 2.75) is 0 Å². The number of furan rings is 1. The van der Waals surface area contributed by atoms with Crippen molar-refractivity contribution in [2.75, 3.05) is 0 Å². The van der Waals surface area contributed by atoms with Crippen molar-refractivity contribution in [1.82, 2.24) is 15.0 Å². The molecule has 0 N–H and O–H groups in total. The summed E-state index contributed by atoms with van der Waals surface area (Å²) in [5.74, 6) is 1.83. The molecule has 0 fully saturated rings. The monoisotopic (exact) mass is 701 g/mol. The van der Waals surface area contributed by atoms with Gasteiger partial charge in [0.25, 0.3) is 0 Å². The summed E-state index contributed by atoms with van der Waals surface area (Å²) in [7, 11) is 0. The van der Waals surface area contributed by atoms with Crippen LogP contribution in [0.25, 0.3) is 111 Å². The molecule has 0 spiro atoms. The summed E-state index contributed by atoms with van der Waals surface area (Å²) in [6.45, 7) is 0. The van der Waals surface area contributed by atoms with Gasteiger partial charge in [-0.3, -0.25) is 0 Å². The fourth-order valence-corrected chi connectivity index (χ4v) is 8.00. The molecule has 0 saturated carbocycles. The molecule has 0 unspecified atom stereocenters. The first-order valence-corrected chi connectivity index (χ1v) is 18.5. The van der Waals surface area contributed by atoms with E-state index in [9.17, 15) is 0 Å². The molecule has 11 aromatic rings. The highest BCUT2D eigenvalue weighted by Crippen LogP contribution is 2.39. The Kier molecular flexibility index (Phi) is 7.14. The van der Waals surface area contributed by atoms with Gasteiger partial charge in [-0.25, -0.2) is 15.0 Å². The van der Waals surface area contributed by atoms with Crippen LogP contribution in [0.1, 0.15) is 0 Å². The average Bonchev–Trinajstić information content (AvgIpc) is 3.64. The lowest BCUT2D eigenvalue weighted by Crippen LogP contribution is -2.00. The third-order valence-electron chi connectivity index (χ3n) is 10.7. The van der Waals surface area contributed by atoms with Gasteiger partial charge in [-0.2, -0.15) is 0 Å². The summed E-state index contributed by atoms with van der Waals surface area (Å²) in [6, 6.07) is 65.8. The summed E-state index contributed by atoms with van der Waals surface area (Å²) in [5.41, 5.74) is 8.85. The zero-order valence-corrected chi connectivity index (χ0v) is 29.6. The van der Waals surface area contributed by atoms with Gasteiger partial charge in [-0.15, -0.1) is 0 Å². The molecule has 4 heteroatoms. The zero-order valence-electron chi connectivity index (χ0n) is 29.6. The number of fused-ring (bicyclic) bond motifs is 9. The van der Waals surface area contributed by atoms with Gasteiger partial charge in [0.1, 0.15) is 11.2 Å². The van der Waals surface area contributed by atoms with Gasteiger partial charge in [0.2, 0.25) is 0 Å². The maximum absolute atomic E-state index is 6.62. The number of nitrogens with zero attached hydrogens (tertiary/aromatic N) is 3. The number of hydrogen-bond acceptors (Lipinski definition) is 4. The molecule has 2 heterocycles. The Morgan fingerprint density at radius 1 is 0.236 bits per heavy atom. The van der Waals surface area contributed by atoms with Crippen molar-refractivity contribution < 1.29 is 4.42 Å². The van der Waals surface area contributed by atoms with E-state index in [4.69, 9.17) is 19.4 Å². The zero-order chi connectivity index (χ0) is 36.3. The van der Waals surface area contributed by atoms with Gasteiger partial charge in [-0.05, 0) is 91.0 Å². The van der Waals surface area contributed by atoms with Gasteiger partial charge in [0.15, 0.2) is 17.5 Å². The number of aromatic nitrogens is 3. The summed E-state index contributed by atoms with van der Waals surface area (Å²) < 4.78 is 6.62. The quantitative estimate of drug-likeness (QED) is 0.168. The molecule has 2 aromatic heterocycles. The molecule has 0 aliphatic heterocycles. The first kappa shape index (κ1) is 31.1. The molecular weight excluding hydrogens is 671 g/mol. The summed E-state index contributed by atoms with van der Waals surface area (Å²) in [6.07, 6.45) is 0. The molecule has 0 aliphatic carbocycles. The molecule has 55 heavy (non-hydrogen) atoms. The van der Waals surface area contributed by atoms with E-state index in [0.717, 1.165) is 60.9 Å². The Morgan fingerprint density at radius 3 is 1.24 bits per heavy atom. The highest BCUT2D eigenvalue weighted by atomic mass is 16.3. The fourth-order valence-electron chi connectivity index (χ4n) is 8.00. The number of benzene rings is 9. The lowest BCUT2D eigenvalue weighted by molar-refractivity contribution is 0.669. The highest BCUT2D eigenvalue weighted by Gasteiger charge is 2.16. The largest absolute Gasteiger partial charge is 0.456 e. The molecule has 0 bridgehead atoms. The smallest absolute Gasteiger partial charge is 0.164 e. The Labute approximate surface area is 317 Å². The van der Waals surface area contributed by atoms with E-state index >= 15 is 0 Å². The second-order valence-corrected chi connectivity index (χ2v) is 14.0. The molecule has 0 saturated heterocycles. The predicted molar refractivity (Wildman–Crippen MR) is 227 cm³/mol. The standard InChI is InChI=1S/C51H31N3O/c1-3-12-32(13-4-1)34-16-11-17-37(28-34)50-52-49(33-14-5-2-6-15-33)53-51(54-50)38-24-27-45-44-26-23-36(30-47(44)55-48(45)31-38)35-22-25-43-41-20-8-7-18-39(41)40-19-9-10-21-42(40)46(43)29-35/h1-31H. The minimum Gasteiger partial charge on any atom is -0.456 e. The van der Waals surface area contributed by atoms with Crippen molar-refractivity contribution in [3.05, 3.63) is 188 Å². The van der Waals surface area contributed by atoms with Crippen LogP contribution in [0.4, 0.5) is 0 Å². The van der Waals surface area contributed by atoms with Gasteiger partial charge >= 0.3 is 0 Å². The van der Waals surface area contributed by atoms with Gasteiger partial charge in [0.05, 0.1) is 0 Å². The van der Waals surface area contributed by atoms with Crippen LogP contribution in [0.3, 0.4) is 0 Å². The van der Waals surface area contributed by atoms with Crippen molar-refractivity contribution >= 4 is 54.3 Å². The summed E-state index contributed by atoms with van der Waals surface area (Å²) >= 11 is 0. The molecule has 0 radical (unpaired) electrons. The van der Waals surface area contributed by atoms with Gasteiger partial charge < -0.3 is 4.42 Å². The third-order valence-corrected chi connectivity index (χ3v) is 10.7. The normalized spacial score (nSPS) is 11.6. The van der Waals surface area contributed by atoms with Crippen LogP contribution in [0, 0.1) is 0 Å². The molecule has 0 atom stereocenters. The molecule has 0 aliphatic rings. The molecular formula is C51H31N3O. The second kappa shape index (κ2) is 12.6. The van der Waals surface area contributed by atoms with Crippen LogP contribution in [-0.4, -0.2) is 15.0 Å². The summed E-state index contributed by atoms with van der Waals surface area (Å²) in [5, 5.41) is 9.72. The first-order chi connectivity index (χ1) is 27.2. The van der Waals surface area contributed by atoms with Gasteiger partial charge in [0, 0.05) is 27.5 Å². The van der Waals surface area contributed by atoms with E-state index in [-0.39, 0.29) is 0 Å². The van der Waals surface area contributed by atoms with Crippen LogP contribution in [0.15, 0.2) is 192 Å². The predicted octanol–water partition coefficient (Wildman–Crippen LogP) is 13.6. The SMILES string of the molecule is c1ccc(-c2cccc(-c3nc(-c4ccccc4)nc(-c4ccc5c(c4)oc4cc(-c6ccc7c8ccccc8c8ccccc8c7c6)ccc45)n3)c2)cc1. The van der Waals surface area contributed by atoms with Crippen molar-refractivity contribution in [3.63, 3.8) is 0 Å². The average molecular weight is 702 g/mol. The second-order valence-electron chi connectivity index (χ2n) is 14.0. The van der Waals surface area contributed by atoms with Crippen molar-refractivity contribution in [3.8, 4) is 56.4 Å². The van der Waals surface area contributed by atoms with E-state index in [2.05, 4.69) is 152 Å². The summed E-state index contributed by atoms with van der Waals surface area (Å²) in [4.78, 5) is 15.0. The molecule has 4 nitrogen and oxygen atoms in total. The van der Waals surface area contributed by atoms with Crippen LogP contribution in [-0.2, 0) is 0 Å². The van der Waals surface area contributed by atoms with Crippen LogP contribution in [0.5, 0.6) is 0 Å². The van der Waals surface area contributed by atoms with E-state index in [1.807, 2.05) is 36.4 Å². The lowest BCUT2D eigenvalue weighted by Gasteiger charge is -2.12. The maximum atomic E-state index is 6.62. The third kappa shape index (κ3) is 5.34. The molecule has 9 aromatic carbocycles. The van der Waals surface area contributed by atoms with Crippen LogP contribution in [0.2, 0.25) is 0 Å². The number of rotatable bonds is 5. The highest BCUT2D eigenvalue weighted by molar-refractivity contribution is 6.25. The van der Waals surface area contributed by atoms with Crippen LogP contribution >= 0.6 is 0 Å². The Morgan fingerprint density at radius 2 is 0.618 bits per heavy atom. The van der Waals surface area contributed by atoms with E-state index in [0.29, 0.717) is 17.5 Å². The minimum absolute atomic E-state index is 0.591. The Hall–Kier alpha value is -7.43. The molecule has 256 valence electrons. The fraction of sp³-hybridized carbons (Fsp3) is 0. The van der Waals surface area contributed by atoms with Crippen molar-refractivity contribution in [1.29, 1.82) is 0 Å². The number of hydrogen-bond donors (Lipinski definition) is 0. The first-order valence-electron chi connectivity index (χ1n) is 18.5. The Balaban J connectivity index is 1.01. The van der Waals surface area contributed by atoms with Gasteiger partial charge in [-0.1, -0.05) is 152 Å². The van der Waals surface area contributed by atoms with E-state index < -0.39 is 0 Å². The van der Waals surface area contributed by atoms with E-state index in [1.165, 1.54) is 32.3 Å². The minimum atomic E-state index is 0.591. The maximum Gasteiger partial charge on any atom is 0.164 e. The molecule has 0 amide bonds. The lowest BCUT2D eigenvalue weighted by atomic mass is 9.92. The van der Waals surface area contributed by atoms with Crippen molar-refractivity contribution in [2.24, 2.45) is 0 Å².